The third-order valence-electron chi connectivity index (χ3n) is 2.20. The number of rotatable bonds is 5. The maximum Gasteiger partial charge on any atom is 0.326 e. The summed E-state index contributed by atoms with van der Waals surface area (Å²) in [6.45, 7) is -0.362. The van der Waals surface area contributed by atoms with Gasteiger partial charge >= 0.3 is 12.0 Å². The number of urea groups is 1. The van der Waals surface area contributed by atoms with Gasteiger partial charge in [-0.3, -0.25) is 0 Å². The summed E-state index contributed by atoms with van der Waals surface area (Å²) in [6.07, 6.45) is -0.101. The molecule has 0 unspecified atom stereocenters. The zero-order valence-corrected chi connectivity index (χ0v) is 11.3. The van der Waals surface area contributed by atoms with Crippen LogP contribution in [0.1, 0.15) is 6.42 Å². The van der Waals surface area contributed by atoms with Gasteiger partial charge in [0, 0.05) is 18.7 Å². The average Bonchev–Trinajstić information content (AvgIpc) is 2.33. The molecule has 0 radical (unpaired) electrons. The molecular formula is C11H12BrFN2O4. The largest absolute Gasteiger partial charge is 0.480 e. The second kappa shape index (κ2) is 7.05. The number of aliphatic hydroxyl groups is 1. The van der Waals surface area contributed by atoms with Crippen molar-refractivity contribution in [1.82, 2.24) is 5.32 Å². The van der Waals surface area contributed by atoms with Crippen molar-refractivity contribution < 1.29 is 24.2 Å². The van der Waals surface area contributed by atoms with E-state index in [4.69, 9.17) is 10.2 Å². The van der Waals surface area contributed by atoms with Crippen LogP contribution in [0.3, 0.4) is 0 Å². The highest BCUT2D eigenvalue weighted by Crippen LogP contribution is 2.19. The van der Waals surface area contributed by atoms with Crippen molar-refractivity contribution in [3.63, 3.8) is 0 Å². The molecule has 1 atom stereocenters. The summed E-state index contributed by atoms with van der Waals surface area (Å²) < 4.78 is 13.1. The second-order valence-electron chi connectivity index (χ2n) is 3.63. The topological polar surface area (TPSA) is 98.7 Å². The number of carboxylic acids is 1. The smallest absolute Gasteiger partial charge is 0.326 e. The molecule has 1 aromatic carbocycles. The van der Waals surface area contributed by atoms with Crippen LogP contribution in [0.2, 0.25) is 0 Å². The highest BCUT2D eigenvalue weighted by Gasteiger charge is 2.19. The fourth-order valence-electron chi connectivity index (χ4n) is 1.29. The lowest BCUT2D eigenvalue weighted by atomic mass is 10.2. The van der Waals surface area contributed by atoms with Crippen LogP contribution in [-0.2, 0) is 4.79 Å². The Hall–Kier alpha value is -1.67. The Bertz CT molecular complexity index is 484. The van der Waals surface area contributed by atoms with Crippen molar-refractivity contribution in [2.75, 3.05) is 11.9 Å². The van der Waals surface area contributed by atoms with Crippen molar-refractivity contribution in [3.05, 3.63) is 28.5 Å². The molecule has 1 rings (SSSR count). The van der Waals surface area contributed by atoms with Crippen molar-refractivity contribution in [1.29, 1.82) is 0 Å². The van der Waals surface area contributed by atoms with Crippen molar-refractivity contribution in [2.24, 2.45) is 0 Å². The Morgan fingerprint density at radius 2 is 2.11 bits per heavy atom. The van der Waals surface area contributed by atoms with E-state index >= 15 is 0 Å². The van der Waals surface area contributed by atoms with Gasteiger partial charge < -0.3 is 20.8 Å². The lowest BCUT2D eigenvalue weighted by molar-refractivity contribution is -0.139. The van der Waals surface area contributed by atoms with Crippen molar-refractivity contribution in [2.45, 2.75) is 12.5 Å². The Labute approximate surface area is 116 Å². The van der Waals surface area contributed by atoms with E-state index in [0.717, 1.165) is 6.07 Å². The summed E-state index contributed by atoms with van der Waals surface area (Å²) in [5.41, 5.74) is 0.305. The van der Waals surface area contributed by atoms with Gasteiger partial charge in [-0.1, -0.05) is 0 Å². The summed E-state index contributed by atoms with van der Waals surface area (Å²) in [5.74, 6) is -1.72. The Balaban J connectivity index is 2.63. The van der Waals surface area contributed by atoms with E-state index < -0.39 is 23.9 Å². The summed E-state index contributed by atoms with van der Waals surface area (Å²) >= 11 is 2.96. The van der Waals surface area contributed by atoms with Crippen LogP contribution in [0.15, 0.2) is 22.7 Å². The van der Waals surface area contributed by atoms with Crippen LogP contribution in [0.4, 0.5) is 14.9 Å². The molecule has 2 amide bonds. The molecule has 0 aliphatic carbocycles. The predicted molar refractivity (Wildman–Crippen MR) is 69.4 cm³/mol. The van der Waals surface area contributed by atoms with E-state index in [2.05, 4.69) is 26.6 Å². The molecule has 0 aliphatic heterocycles. The number of halogens is 2. The van der Waals surface area contributed by atoms with Crippen LogP contribution in [0.5, 0.6) is 0 Å². The molecule has 1 aromatic rings. The lowest BCUT2D eigenvalue weighted by Crippen LogP contribution is -2.43. The number of aliphatic hydroxyl groups excluding tert-OH is 1. The zero-order chi connectivity index (χ0) is 14.4. The number of hydrogen-bond acceptors (Lipinski definition) is 3. The minimum Gasteiger partial charge on any atom is -0.480 e. The molecule has 0 bridgehead atoms. The zero-order valence-electron chi connectivity index (χ0n) is 9.69. The number of hydrogen-bond donors (Lipinski definition) is 4. The molecule has 0 saturated heterocycles. The number of nitrogens with one attached hydrogen (secondary N) is 2. The third-order valence-corrected chi connectivity index (χ3v) is 2.81. The van der Waals surface area contributed by atoms with Crippen LogP contribution >= 0.6 is 15.9 Å². The van der Waals surface area contributed by atoms with Gasteiger partial charge in [0.15, 0.2) is 0 Å². The number of anilines is 1. The standard InChI is InChI=1S/C11H12BrFN2O4/c12-7-5-6(1-2-8(7)13)14-11(19)15-9(3-4-16)10(17)18/h1-2,5,9,16H,3-4H2,(H,17,18)(H2,14,15,19)/t9-/m0/s1. The Morgan fingerprint density at radius 1 is 1.42 bits per heavy atom. The first-order chi connectivity index (χ1) is 8.93. The molecule has 19 heavy (non-hydrogen) atoms. The first-order valence-electron chi connectivity index (χ1n) is 5.30. The van der Waals surface area contributed by atoms with Gasteiger partial charge in [0.2, 0.25) is 0 Å². The van der Waals surface area contributed by atoms with Crippen LogP contribution in [0.25, 0.3) is 0 Å². The molecule has 0 spiro atoms. The van der Waals surface area contributed by atoms with E-state index in [-0.39, 0.29) is 17.5 Å². The van der Waals surface area contributed by atoms with E-state index in [1.165, 1.54) is 12.1 Å². The monoisotopic (exact) mass is 334 g/mol. The SMILES string of the molecule is O=C(Nc1ccc(F)c(Br)c1)N[C@@H](CCO)C(=O)O. The van der Waals surface area contributed by atoms with E-state index in [1.54, 1.807) is 0 Å². The summed E-state index contributed by atoms with van der Waals surface area (Å²) in [4.78, 5) is 22.3. The lowest BCUT2D eigenvalue weighted by Gasteiger charge is -2.14. The fraction of sp³-hybridized carbons (Fsp3) is 0.273. The van der Waals surface area contributed by atoms with Crippen LogP contribution < -0.4 is 10.6 Å². The molecule has 104 valence electrons. The predicted octanol–water partition coefficient (Wildman–Crippen LogP) is 1.55. The van der Waals surface area contributed by atoms with Gasteiger partial charge in [0.1, 0.15) is 11.9 Å². The number of carbonyl (C=O) groups excluding carboxylic acids is 1. The first kappa shape index (κ1) is 15.4. The maximum absolute atomic E-state index is 13.0. The average molecular weight is 335 g/mol. The van der Waals surface area contributed by atoms with Crippen molar-refractivity contribution in [3.8, 4) is 0 Å². The molecule has 0 heterocycles. The number of carbonyl (C=O) groups is 2. The summed E-state index contributed by atoms with van der Waals surface area (Å²) in [7, 11) is 0. The quantitative estimate of drug-likeness (QED) is 0.656. The molecule has 6 nitrogen and oxygen atoms in total. The molecule has 8 heteroatoms. The molecule has 0 saturated carbocycles. The maximum atomic E-state index is 13.0. The first-order valence-corrected chi connectivity index (χ1v) is 6.09. The van der Waals surface area contributed by atoms with E-state index in [0.29, 0.717) is 5.69 Å². The minimum absolute atomic E-state index is 0.101. The normalized spacial score (nSPS) is 11.7. The minimum atomic E-state index is -1.25. The van der Waals surface area contributed by atoms with E-state index in [9.17, 15) is 14.0 Å². The molecule has 4 N–H and O–H groups in total. The Kier molecular flexibility index (Phi) is 5.71. The van der Waals surface area contributed by atoms with E-state index in [1.807, 2.05) is 0 Å². The fourth-order valence-corrected chi connectivity index (χ4v) is 1.66. The highest BCUT2D eigenvalue weighted by molar-refractivity contribution is 9.10. The van der Waals surface area contributed by atoms with Gasteiger partial charge in [0.25, 0.3) is 0 Å². The number of amides is 2. The Morgan fingerprint density at radius 3 is 2.63 bits per heavy atom. The van der Waals surface area contributed by atoms with Gasteiger partial charge in [-0.2, -0.15) is 0 Å². The van der Waals surface area contributed by atoms with Crippen LogP contribution in [0, 0.1) is 5.82 Å². The number of carboxylic acid groups (broad SMARTS) is 1. The van der Waals surface area contributed by atoms with Crippen molar-refractivity contribution >= 4 is 33.6 Å². The number of aliphatic carboxylic acids is 1. The van der Waals surface area contributed by atoms with Gasteiger partial charge in [-0.05, 0) is 34.1 Å². The summed E-state index contributed by atoms with van der Waals surface area (Å²) in [6, 6.07) is 1.90. The van der Waals surface area contributed by atoms with Gasteiger partial charge in [-0.25, -0.2) is 14.0 Å². The van der Waals surface area contributed by atoms with Crippen LogP contribution in [-0.4, -0.2) is 34.9 Å². The highest BCUT2D eigenvalue weighted by atomic mass is 79.9. The molecule has 0 aliphatic rings. The summed E-state index contributed by atoms with van der Waals surface area (Å²) in [5, 5.41) is 22.0. The van der Waals surface area contributed by atoms with Gasteiger partial charge in [0.05, 0.1) is 4.47 Å². The molecule has 0 aromatic heterocycles. The van der Waals surface area contributed by atoms with Gasteiger partial charge in [-0.15, -0.1) is 0 Å². The second-order valence-corrected chi connectivity index (χ2v) is 4.48. The molecule has 0 fully saturated rings. The third kappa shape index (κ3) is 4.84. The number of benzene rings is 1. The molecular weight excluding hydrogens is 323 g/mol.